The van der Waals surface area contributed by atoms with Gasteiger partial charge in [0.05, 0.1) is 6.42 Å². The summed E-state index contributed by atoms with van der Waals surface area (Å²) in [5, 5.41) is 0. The minimum Gasteiger partial charge on any atom is -0.422 e. The first-order valence-corrected chi connectivity index (χ1v) is 4.29. The third-order valence-electron chi connectivity index (χ3n) is 1.77. The molecule has 0 saturated carbocycles. The highest BCUT2D eigenvalue weighted by molar-refractivity contribution is 6.17. The Morgan fingerprint density at radius 3 is 2.20 bits per heavy atom. The van der Waals surface area contributed by atoms with E-state index < -0.39 is 35.8 Å². The van der Waals surface area contributed by atoms with E-state index in [1.54, 1.807) is 0 Å². The second kappa shape index (κ2) is 3.80. The standard InChI is InChI=1S/C9H10O6/c1-9(2)14-7(12)6(8(13)15-9)5(11)3-4-10/h4,6H,3H2,1-2H3. The van der Waals surface area contributed by atoms with E-state index >= 15 is 0 Å². The summed E-state index contributed by atoms with van der Waals surface area (Å²) in [4.78, 5) is 43.8. The fraction of sp³-hybridized carbons (Fsp3) is 0.556. The fourth-order valence-electron chi connectivity index (χ4n) is 1.18. The van der Waals surface area contributed by atoms with Crippen molar-refractivity contribution in [1.29, 1.82) is 0 Å². The summed E-state index contributed by atoms with van der Waals surface area (Å²) in [5.74, 6) is -5.73. The summed E-state index contributed by atoms with van der Waals surface area (Å²) >= 11 is 0. The van der Waals surface area contributed by atoms with Crippen molar-refractivity contribution in [2.24, 2.45) is 5.92 Å². The molecular weight excluding hydrogens is 204 g/mol. The smallest absolute Gasteiger partial charge is 0.331 e. The number of carbonyl (C=O) groups excluding carboxylic acids is 4. The molecule has 0 amide bonds. The lowest BCUT2D eigenvalue weighted by molar-refractivity contribution is -0.238. The molecule has 15 heavy (non-hydrogen) atoms. The van der Waals surface area contributed by atoms with E-state index in [4.69, 9.17) is 9.47 Å². The minimum atomic E-state index is -1.62. The molecule has 6 nitrogen and oxygen atoms in total. The molecule has 1 saturated heterocycles. The lowest BCUT2D eigenvalue weighted by atomic mass is 10.0. The summed E-state index contributed by atoms with van der Waals surface area (Å²) in [6.07, 6.45) is -0.183. The van der Waals surface area contributed by atoms with E-state index in [1.165, 1.54) is 13.8 Å². The predicted octanol–water partition coefficient (Wildman–Crippen LogP) is -0.403. The van der Waals surface area contributed by atoms with Crippen molar-refractivity contribution in [1.82, 2.24) is 0 Å². The summed E-state index contributed by atoms with van der Waals surface area (Å²) in [6.45, 7) is 2.76. The highest BCUT2D eigenvalue weighted by Crippen LogP contribution is 2.23. The summed E-state index contributed by atoms with van der Waals surface area (Å²) in [7, 11) is 0. The zero-order valence-electron chi connectivity index (χ0n) is 8.31. The van der Waals surface area contributed by atoms with E-state index in [9.17, 15) is 19.2 Å². The Bertz CT molecular complexity index is 309. The molecule has 0 aromatic heterocycles. The fourth-order valence-corrected chi connectivity index (χ4v) is 1.18. The number of ketones is 1. The molecule has 0 unspecified atom stereocenters. The number of cyclic esters (lactones) is 2. The molecule has 82 valence electrons. The van der Waals surface area contributed by atoms with Crippen molar-refractivity contribution in [2.45, 2.75) is 26.1 Å². The molecule has 0 aromatic rings. The largest absolute Gasteiger partial charge is 0.422 e. The number of aldehydes is 1. The first-order valence-electron chi connectivity index (χ1n) is 4.29. The second-order valence-electron chi connectivity index (χ2n) is 3.51. The van der Waals surface area contributed by atoms with E-state index in [-0.39, 0.29) is 0 Å². The van der Waals surface area contributed by atoms with E-state index in [0.29, 0.717) is 6.29 Å². The summed E-state index contributed by atoms with van der Waals surface area (Å²) in [6, 6.07) is 0. The molecule has 0 bridgehead atoms. The quantitative estimate of drug-likeness (QED) is 0.361. The van der Waals surface area contributed by atoms with Crippen LogP contribution in [0.2, 0.25) is 0 Å². The van der Waals surface area contributed by atoms with E-state index in [0.717, 1.165) is 0 Å². The van der Waals surface area contributed by atoms with Crippen LogP contribution < -0.4 is 0 Å². The van der Waals surface area contributed by atoms with Crippen LogP contribution in [-0.2, 0) is 28.7 Å². The maximum atomic E-state index is 11.3. The van der Waals surface area contributed by atoms with Crippen LogP contribution in [0, 0.1) is 5.92 Å². The van der Waals surface area contributed by atoms with Gasteiger partial charge in [0.2, 0.25) is 5.92 Å². The first-order chi connectivity index (χ1) is 6.87. The first kappa shape index (κ1) is 11.4. The molecule has 1 aliphatic rings. The van der Waals surface area contributed by atoms with Gasteiger partial charge in [-0.2, -0.15) is 0 Å². The Kier molecular flexibility index (Phi) is 2.88. The number of hydrogen-bond acceptors (Lipinski definition) is 6. The third-order valence-corrected chi connectivity index (χ3v) is 1.77. The normalized spacial score (nSPS) is 20.4. The van der Waals surface area contributed by atoms with Crippen LogP contribution in [0.1, 0.15) is 20.3 Å². The molecule has 1 rings (SSSR count). The van der Waals surface area contributed by atoms with E-state index in [2.05, 4.69) is 0 Å². The molecule has 0 aliphatic carbocycles. The van der Waals surface area contributed by atoms with Crippen LogP contribution in [0.25, 0.3) is 0 Å². The average Bonchev–Trinajstić information content (AvgIpc) is 1.99. The van der Waals surface area contributed by atoms with Crippen molar-refractivity contribution >= 4 is 24.0 Å². The highest BCUT2D eigenvalue weighted by Gasteiger charge is 2.46. The molecule has 6 heteroatoms. The van der Waals surface area contributed by atoms with Gasteiger partial charge in [-0.15, -0.1) is 0 Å². The average molecular weight is 214 g/mol. The molecule has 0 atom stereocenters. The highest BCUT2D eigenvalue weighted by atomic mass is 16.7. The Hall–Kier alpha value is -1.72. The van der Waals surface area contributed by atoms with Gasteiger partial charge in [-0.25, -0.2) is 0 Å². The number of esters is 2. The minimum absolute atomic E-state index is 0.322. The van der Waals surface area contributed by atoms with Gasteiger partial charge in [-0.05, 0) is 0 Å². The van der Waals surface area contributed by atoms with Crippen LogP contribution in [0.15, 0.2) is 0 Å². The molecule has 0 aromatic carbocycles. The number of carbonyl (C=O) groups is 4. The van der Waals surface area contributed by atoms with Crippen LogP contribution in [0.4, 0.5) is 0 Å². The zero-order chi connectivity index (χ0) is 11.6. The van der Waals surface area contributed by atoms with Gasteiger partial charge in [-0.1, -0.05) is 0 Å². The van der Waals surface area contributed by atoms with Crippen molar-refractivity contribution in [3.8, 4) is 0 Å². The Balaban J connectivity index is 2.84. The van der Waals surface area contributed by atoms with Crippen LogP contribution in [0.5, 0.6) is 0 Å². The molecular formula is C9H10O6. The van der Waals surface area contributed by atoms with Crippen molar-refractivity contribution < 1.29 is 28.7 Å². The third kappa shape index (κ3) is 2.39. The Morgan fingerprint density at radius 2 is 1.80 bits per heavy atom. The molecule has 1 aliphatic heterocycles. The zero-order valence-corrected chi connectivity index (χ0v) is 8.31. The Morgan fingerprint density at radius 1 is 1.33 bits per heavy atom. The topological polar surface area (TPSA) is 86.7 Å². The SMILES string of the molecule is CC1(C)OC(=O)C(C(=O)CC=O)C(=O)O1. The molecule has 0 radical (unpaired) electrons. The van der Waals surface area contributed by atoms with Crippen molar-refractivity contribution in [3.05, 3.63) is 0 Å². The molecule has 1 fully saturated rings. The lowest BCUT2D eigenvalue weighted by Gasteiger charge is -2.32. The van der Waals surface area contributed by atoms with Gasteiger partial charge < -0.3 is 14.3 Å². The molecule has 0 spiro atoms. The lowest BCUT2D eigenvalue weighted by Crippen LogP contribution is -2.49. The number of rotatable bonds is 3. The van der Waals surface area contributed by atoms with Gasteiger partial charge in [0.1, 0.15) is 6.29 Å². The monoisotopic (exact) mass is 214 g/mol. The Labute approximate surface area is 85.5 Å². The van der Waals surface area contributed by atoms with Gasteiger partial charge in [0.15, 0.2) is 5.78 Å². The number of ether oxygens (including phenoxy) is 2. The van der Waals surface area contributed by atoms with Crippen LogP contribution >= 0.6 is 0 Å². The van der Waals surface area contributed by atoms with Crippen molar-refractivity contribution in [3.63, 3.8) is 0 Å². The van der Waals surface area contributed by atoms with Gasteiger partial charge in [0.25, 0.3) is 5.79 Å². The predicted molar refractivity (Wildman–Crippen MR) is 45.4 cm³/mol. The van der Waals surface area contributed by atoms with Crippen molar-refractivity contribution in [2.75, 3.05) is 0 Å². The summed E-state index contributed by atoms with van der Waals surface area (Å²) < 4.78 is 9.41. The molecule has 1 heterocycles. The summed E-state index contributed by atoms with van der Waals surface area (Å²) in [5.41, 5.74) is 0. The molecule has 0 N–H and O–H groups in total. The van der Waals surface area contributed by atoms with Gasteiger partial charge in [0, 0.05) is 13.8 Å². The second-order valence-corrected chi connectivity index (χ2v) is 3.51. The number of hydrogen-bond donors (Lipinski definition) is 0. The maximum absolute atomic E-state index is 11.3. The number of Topliss-reactive ketones (excluding diaryl/α,β-unsaturated/α-hetero) is 1. The van der Waals surface area contributed by atoms with Crippen LogP contribution in [-0.4, -0.2) is 29.8 Å². The van der Waals surface area contributed by atoms with Gasteiger partial charge >= 0.3 is 11.9 Å². The van der Waals surface area contributed by atoms with E-state index in [1.807, 2.05) is 0 Å². The maximum Gasteiger partial charge on any atom is 0.331 e. The van der Waals surface area contributed by atoms with Gasteiger partial charge in [-0.3, -0.25) is 14.4 Å². The van der Waals surface area contributed by atoms with Crippen LogP contribution in [0.3, 0.4) is 0 Å².